The van der Waals surface area contributed by atoms with Crippen LogP contribution in [-0.2, 0) is 32.2 Å². The number of hydrogen-bond donors (Lipinski definition) is 2. The van der Waals surface area contributed by atoms with Gasteiger partial charge in [0.1, 0.15) is 23.9 Å². The number of anilines is 1. The summed E-state index contributed by atoms with van der Waals surface area (Å²) in [5, 5.41) is 11.5. The summed E-state index contributed by atoms with van der Waals surface area (Å²) in [6, 6.07) is 21.1. The number of benzene rings is 3. The van der Waals surface area contributed by atoms with E-state index in [9.17, 15) is 9.90 Å². The second kappa shape index (κ2) is 19.1. The highest BCUT2D eigenvalue weighted by molar-refractivity contribution is 5.82. The van der Waals surface area contributed by atoms with Crippen LogP contribution in [0.25, 0.3) is 0 Å². The number of nitrogens with two attached hydrogens (primary N) is 1. The van der Waals surface area contributed by atoms with Crippen molar-refractivity contribution in [3.05, 3.63) is 83.4 Å². The number of para-hydroxylation sites is 1. The minimum Gasteiger partial charge on any atom is -0.496 e. The van der Waals surface area contributed by atoms with Gasteiger partial charge in [-0.2, -0.15) is 0 Å². The lowest BCUT2D eigenvalue weighted by atomic mass is 9.84. The number of amides is 1. The van der Waals surface area contributed by atoms with Crippen molar-refractivity contribution in [2.45, 2.75) is 64.1 Å². The monoisotopic (exact) mass is 705 g/mol. The topological polar surface area (TPSA) is 125 Å². The van der Waals surface area contributed by atoms with E-state index in [1.165, 1.54) is 0 Å². The van der Waals surface area contributed by atoms with Gasteiger partial charge >= 0.3 is 0 Å². The van der Waals surface area contributed by atoms with Gasteiger partial charge in [0.05, 0.1) is 64.0 Å². The van der Waals surface area contributed by atoms with Crippen molar-refractivity contribution in [1.29, 1.82) is 0 Å². The van der Waals surface area contributed by atoms with E-state index < -0.39 is 18.2 Å². The minimum absolute atomic E-state index is 0.0252. The van der Waals surface area contributed by atoms with Gasteiger partial charge in [-0.15, -0.1) is 0 Å². The second-order valence-electron chi connectivity index (χ2n) is 13.6. The molecule has 2 aliphatic rings. The lowest BCUT2D eigenvalue weighted by molar-refractivity contribution is -0.144. The van der Waals surface area contributed by atoms with Crippen molar-refractivity contribution in [3.8, 4) is 17.2 Å². The molecule has 3 N–H and O–H groups in total. The first-order valence-corrected chi connectivity index (χ1v) is 18.0. The van der Waals surface area contributed by atoms with Gasteiger partial charge in [0.25, 0.3) is 0 Å². The van der Waals surface area contributed by atoms with Crippen molar-refractivity contribution in [2.24, 2.45) is 11.7 Å². The van der Waals surface area contributed by atoms with Gasteiger partial charge in [-0.05, 0) is 53.8 Å². The van der Waals surface area contributed by atoms with Crippen molar-refractivity contribution in [1.82, 2.24) is 4.90 Å². The van der Waals surface area contributed by atoms with E-state index in [2.05, 4.69) is 11.0 Å². The fraction of sp³-hybridized carbons (Fsp3) is 0.525. The number of hydrogen-bond acceptors (Lipinski definition) is 10. The number of carbonyl (C=O) groups excluding carboxylic acids is 1. The zero-order valence-corrected chi connectivity index (χ0v) is 30.5. The van der Waals surface area contributed by atoms with E-state index in [0.717, 1.165) is 65.6 Å². The Hall–Kier alpha value is -3.87. The standard InChI is InChI=1S/C40H55N3O8/c1-28(2)39(41)40(45)43-24-34(44)38(30-12-14-32(15-13-30)49-21-8-20-48-27-31-9-5-6-10-35(31)47-4)37(25-43)51-26-29-11-16-36-33(23-29)42(18-22-50-36)17-7-19-46-3/h5-6,9-16,23,28,34,37-39,44H,7-8,17-22,24-27,41H2,1-4H3/t34-,37+,38+,39+/m1/s1. The van der Waals surface area contributed by atoms with Crippen molar-refractivity contribution in [3.63, 3.8) is 0 Å². The molecule has 2 heterocycles. The molecule has 0 radical (unpaired) electrons. The van der Waals surface area contributed by atoms with Crippen molar-refractivity contribution in [2.75, 3.05) is 71.7 Å². The Kier molecular flexibility index (Phi) is 14.4. The smallest absolute Gasteiger partial charge is 0.239 e. The zero-order chi connectivity index (χ0) is 36.2. The number of piperidine rings is 1. The van der Waals surface area contributed by atoms with E-state index in [0.29, 0.717) is 46.2 Å². The molecule has 1 saturated heterocycles. The van der Waals surface area contributed by atoms with Gasteiger partial charge in [-0.1, -0.05) is 50.2 Å². The van der Waals surface area contributed by atoms with Crippen LogP contribution in [0.2, 0.25) is 0 Å². The van der Waals surface area contributed by atoms with Crippen molar-refractivity contribution >= 4 is 11.6 Å². The Morgan fingerprint density at radius 1 is 0.980 bits per heavy atom. The van der Waals surface area contributed by atoms with Crippen LogP contribution in [0.5, 0.6) is 17.2 Å². The maximum Gasteiger partial charge on any atom is 0.239 e. The summed E-state index contributed by atoms with van der Waals surface area (Å²) < 4.78 is 35.0. The maximum atomic E-state index is 13.3. The third kappa shape index (κ3) is 10.4. The molecular formula is C40H55N3O8. The first kappa shape index (κ1) is 38.4. The van der Waals surface area contributed by atoms with Gasteiger partial charge in [-0.3, -0.25) is 4.79 Å². The summed E-state index contributed by atoms with van der Waals surface area (Å²) >= 11 is 0. The average molecular weight is 706 g/mol. The van der Waals surface area contributed by atoms with Crippen LogP contribution in [0.4, 0.5) is 5.69 Å². The second-order valence-corrected chi connectivity index (χ2v) is 13.6. The summed E-state index contributed by atoms with van der Waals surface area (Å²) in [5.41, 5.74) is 10.2. The Labute approximate surface area is 302 Å². The largest absolute Gasteiger partial charge is 0.496 e. The van der Waals surface area contributed by atoms with E-state index in [4.69, 9.17) is 34.2 Å². The molecule has 3 aromatic rings. The number of aliphatic hydroxyl groups excluding tert-OH is 1. The Balaban J connectivity index is 1.22. The molecule has 0 spiro atoms. The van der Waals surface area contributed by atoms with Crippen LogP contribution in [0.3, 0.4) is 0 Å². The molecular weight excluding hydrogens is 650 g/mol. The van der Waals surface area contributed by atoms with Crippen LogP contribution in [0, 0.1) is 5.92 Å². The van der Waals surface area contributed by atoms with Gasteiger partial charge in [0, 0.05) is 51.3 Å². The summed E-state index contributed by atoms with van der Waals surface area (Å²) in [7, 11) is 3.38. The molecule has 0 aliphatic carbocycles. The molecule has 11 heteroatoms. The number of fused-ring (bicyclic) bond motifs is 1. The van der Waals surface area contributed by atoms with Gasteiger partial charge in [-0.25, -0.2) is 0 Å². The highest BCUT2D eigenvalue weighted by Crippen LogP contribution is 2.35. The maximum absolute atomic E-state index is 13.3. The summed E-state index contributed by atoms with van der Waals surface area (Å²) in [5.74, 6) is 1.85. The predicted molar refractivity (Wildman–Crippen MR) is 197 cm³/mol. The number of rotatable bonds is 18. The molecule has 4 atom stereocenters. The third-order valence-electron chi connectivity index (χ3n) is 9.58. The van der Waals surface area contributed by atoms with Crippen LogP contribution in [-0.4, -0.2) is 101 Å². The zero-order valence-electron chi connectivity index (χ0n) is 30.5. The predicted octanol–water partition coefficient (Wildman–Crippen LogP) is 4.77. The Bertz CT molecular complexity index is 1520. The number of nitrogens with zero attached hydrogens (tertiary/aromatic N) is 2. The van der Waals surface area contributed by atoms with E-state index in [-0.39, 0.29) is 24.3 Å². The normalized spacial score (nSPS) is 19.4. The molecule has 0 unspecified atom stereocenters. The van der Waals surface area contributed by atoms with Crippen LogP contribution >= 0.6 is 0 Å². The number of β-amino-alcohol motifs (C(OH)–C–C–N with tert-alkyl or cyclic N) is 1. The molecule has 1 amide bonds. The molecule has 51 heavy (non-hydrogen) atoms. The minimum atomic E-state index is -0.840. The lowest BCUT2D eigenvalue weighted by Gasteiger charge is -2.43. The van der Waals surface area contributed by atoms with E-state index >= 15 is 0 Å². The molecule has 1 fully saturated rings. The number of likely N-dealkylation sites (tertiary alicyclic amines) is 1. The van der Waals surface area contributed by atoms with Crippen LogP contribution < -0.4 is 24.8 Å². The SMILES string of the molecule is COCCCN1CCOc2ccc(CO[C@H]3CN(C(=O)[C@@H](N)C(C)C)C[C@@H](O)[C@@H]3c3ccc(OCCCOCc4ccccc4OC)cc3)cc21. The molecule has 0 saturated carbocycles. The van der Waals surface area contributed by atoms with E-state index in [1.807, 2.05) is 74.5 Å². The Morgan fingerprint density at radius 3 is 2.55 bits per heavy atom. The van der Waals surface area contributed by atoms with Crippen molar-refractivity contribution < 1.29 is 38.3 Å². The molecule has 5 rings (SSSR count). The molecule has 278 valence electrons. The highest BCUT2D eigenvalue weighted by Gasteiger charge is 2.41. The summed E-state index contributed by atoms with van der Waals surface area (Å²) in [6.45, 7) is 9.24. The fourth-order valence-electron chi connectivity index (χ4n) is 6.65. The first-order valence-electron chi connectivity index (χ1n) is 18.0. The molecule has 0 aromatic heterocycles. The Morgan fingerprint density at radius 2 is 1.78 bits per heavy atom. The summed E-state index contributed by atoms with van der Waals surface area (Å²) in [6.07, 6.45) is 0.349. The first-order chi connectivity index (χ1) is 24.8. The van der Waals surface area contributed by atoms with Gasteiger partial charge < -0.3 is 49.1 Å². The highest BCUT2D eigenvalue weighted by atomic mass is 16.5. The quantitative estimate of drug-likeness (QED) is 0.179. The van der Waals surface area contributed by atoms with E-state index in [1.54, 1.807) is 19.1 Å². The summed E-state index contributed by atoms with van der Waals surface area (Å²) in [4.78, 5) is 17.3. The molecule has 3 aromatic carbocycles. The third-order valence-corrected chi connectivity index (χ3v) is 9.58. The molecule has 0 bridgehead atoms. The number of ether oxygens (including phenoxy) is 6. The van der Waals surface area contributed by atoms with Crippen LogP contribution in [0.15, 0.2) is 66.7 Å². The molecule has 2 aliphatic heterocycles. The lowest BCUT2D eigenvalue weighted by Crippen LogP contribution is -2.57. The number of methoxy groups -OCH3 is 2. The fourth-order valence-corrected chi connectivity index (χ4v) is 6.65. The average Bonchev–Trinajstić information content (AvgIpc) is 3.15. The van der Waals surface area contributed by atoms with Gasteiger partial charge in [0.2, 0.25) is 5.91 Å². The number of aliphatic hydroxyl groups is 1. The van der Waals surface area contributed by atoms with Crippen LogP contribution in [0.1, 0.15) is 49.3 Å². The number of carbonyl (C=O) groups is 1. The molecule has 11 nitrogen and oxygen atoms in total. The van der Waals surface area contributed by atoms with Gasteiger partial charge in [0.15, 0.2) is 0 Å².